The molecule has 0 radical (unpaired) electrons. The van der Waals surface area contributed by atoms with Crippen molar-refractivity contribution >= 4 is 11.6 Å². The highest BCUT2D eigenvalue weighted by Crippen LogP contribution is 2.17. The van der Waals surface area contributed by atoms with Gasteiger partial charge in [-0.3, -0.25) is 9.78 Å². The van der Waals surface area contributed by atoms with Crippen molar-refractivity contribution in [2.75, 3.05) is 5.32 Å². The molecule has 0 spiro atoms. The highest BCUT2D eigenvalue weighted by atomic mass is 19.3. The minimum absolute atomic E-state index is 0.00211. The summed E-state index contributed by atoms with van der Waals surface area (Å²) in [6.07, 6.45) is 2.92. The molecule has 0 bridgehead atoms. The zero-order valence-electron chi connectivity index (χ0n) is 11.5. The van der Waals surface area contributed by atoms with Crippen LogP contribution < -0.4 is 10.1 Å². The number of nitrogens with zero attached hydrogens (tertiary/aromatic N) is 1. The van der Waals surface area contributed by atoms with Crippen molar-refractivity contribution in [1.29, 1.82) is 0 Å². The molecule has 0 aliphatic rings. The monoisotopic (exact) mass is 308 g/mol. The highest BCUT2D eigenvalue weighted by molar-refractivity contribution is 5.92. The third-order valence-corrected chi connectivity index (χ3v) is 2.84. The third-order valence-electron chi connectivity index (χ3n) is 2.84. The molecule has 1 amide bonds. The summed E-state index contributed by atoms with van der Waals surface area (Å²) in [6.45, 7) is -3.14. The molecular formula is C15H14F2N2O3. The van der Waals surface area contributed by atoms with Crippen LogP contribution in [0.4, 0.5) is 14.5 Å². The number of aromatic nitrogens is 1. The molecule has 0 aliphatic heterocycles. The zero-order chi connectivity index (χ0) is 15.9. The molecule has 0 fully saturated rings. The van der Waals surface area contributed by atoms with E-state index < -0.39 is 6.61 Å². The van der Waals surface area contributed by atoms with Gasteiger partial charge in [0.2, 0.25) is 5.91 Å². The summed E-state index contributed by atoms with van der Waals surface area (Å²) in [4.78, 5) is 15.8. The number of halogens is 2. The van der Waals surface area contributed by atoms with Gasteiger partial charge in [-0.25, -0.2) is 0 Å². The van der Waals surface area contributed by atoms with Crippen molar-refractivity contribution in [3.05, 3.63) is 53.9 Å². The van der Waals surface area contributed by atoms with Gasteiger partial charge in [0.15, 0.2) is 0 Å². The van der Waals surface area contributed by atoms with Gasteiger partial charge < -0.3 is 15.2 Å². The van der Waals surface area contributed by atoms with Crippen LogP contribution in [0.3, 0.4) is 0 Å². The molecule has 2 rings (SSSR count). The van der Waals surface area contributed by atoms with Gasteiger partial charge in [0.05, 0.1) is 24.9 Å². The number of alkyl halides is 2. The third kappa shape index (κ3) is 4.49. The summed E-state index contributed by atoms with van der Waals surface area (Å²) < 4.78 is 28.6. The highest BCUT2D eigenvalue weighted by Gasteiger charge is 2.09. The maximum atomic E-state index is 12.2. The average Bonchev–Trinajstić information content (AvgIpc) is 2.47. The normalized spacial score (nSPS) is 10.5. The van der Waals surface area contributed by atoms with Gasteiger partial charge in [-0.1, -0.05) is 12.1 Å². The molecule has 0 unspecified atom stereocenters. The van der Waals surface area contributed by atoms with Crippen LogP contribution in [0.2, 0.25) is 0 Å². The Hall–Kier alpha value is -2.54. The van der Waals surface area contributed by atoms with Gasteiger partial charge in [-0.2, -0.15) is 8.78 Å². The summed E-state index contributed by atoms with van der Waals surface area (Å²) in [5.74, 6) is -0.352. The fourth-order valence-electron chi connectivity index (χ4n) is 1.89. The van der Waals surface area contributed by atoms with Crippen molar-refractivity contribution in [3.8, 4) is 5.75 Å². The largest absolute Gasteiger partial charge is 0.435 e. The quantitative estimate of drug-likeness (QED) is 0.859. The van der Waals surface area contributed by atoms with E-state index in [-0.39, 0.29) is 24.7 Å². The smallest absolute Gasteiger partial charge is 0.387 e. The van der Waals surface area contributed by atoms with Gasteiger partial charge in [0, 0.05) is 11.8 Å². The number of pyridine rings is 1. The van der Waals surface area contributed by atoms with Crippen LogP contribution in [-0.2, 0) is 17.8 Å². The Morgan fingerprint density at radius 2 is 2.18 bits per heavy atom. The molecule has 2 aromatic rings. The second kappa shape index (κ2) is 7.46. The van der Waals surface area contributed by atoms with Crippen molar-refractivity contribution in [1.82, 2.24) is 4.98 Å². The number of ether oxygens (including phenoxy) is 1. The second-order valence-electron chi connectivity index (χ2n) is 4.44. The van der Waals surface area contributed by atoms with Crippen LogP contribution in [0.1, 0.15) is 11.1 Å². The number of aliphatic hydroxyl groups is 1. The lowest BCUT2D eigenvalue weighted by Gasteiger charge is -2.09. The standard InChI is InChI=1S/C15H14F2N2O3/c16-15(17)22-12-3-1-2-10(6-12)7-14(21)19-13-8-18-5-4-11(13)9-20/h1-6,8,15,20H,7,9H2,(H,19,21). The molecule has 5 nitrogen and oxygen atoms in total. The van der Waals surface area contributed by atoms with E-state index in [0.29, 0.717) is 16.8 Å². The van der Waals surface area contributed by atoms with Gasteiger partial charge in [0.1, 0.15) is 5.75 Å². The molecule has 116 valence electrons. The van der Waals surface area contributed by atoms with E-state index in [4.69, 9.17) is 0 Å². The van der Waals surface area contributed by atoms with E-state index in [1.54, 1.807) is 12.1 Å². The van der Waals surface area contributed by atoms with Crippen LogP contribution in [-0.4, -0.2) is 22.6 Å². The molecule has 22 heavy (non-hydrogen) atoms. The number of amides is 1. The molecule has 1 aromatic carbocycles. The minimum Gasteiger partial charge on any atom is -0.435 e. The van der Waals surface area contributed by atoms with Gasteiger partial charge in [0.25, 0.3) is 0 Å². The molecule has 1 heterocycles. The summed E-state index contributed by atoms with van der Waals surface area (Å²) >= 11 is 0. The number of anilines is 1. The first-order valence-electron chi connectivity index (χ1n) is 6.46. The van der Waals surface area contributed by atoms with Gasteiger partial charge in [-0.05, 0) is 23.8 Å². The predicted molar refractivity (Wildman–Crippen MR) is 75.6 cm³/mol. The number of nitrogens with one attached hydrogen (secondary N) is 1. The molecule has 0 saturated heterocycles. The van der Waals surface area contributed by atoms with E-state index in [0.717, 1.165) is 0 Å². The second-order valence-corrected chi connectivity index (χ2v) is 4.44. The van der Waals surface area contributed by atoms with Crippen LogP contribution in [0, 0.1) is 0 Å². The van der Waals surface area contributed by atoms with E-state index in [1.165, 1.54) is 30.6 Å². The fraction of sp³-hybridized carbons (Fsp3) is 0.200. The SMILES string of the molecule is O=C(Cc1cccc(OC(F)F)c1)Nc1cnccc1CO. The number of hydrogen-bond donors (Lipinski definition) is 2. The van der Waals surface area contributed by atoms with Crippen LogP contribution >= 0.6 is 0 Å². The lowest BCUT2D eigenvalue weighted by Crippen LogP contribution is -2.16. The van der Waals surface area contributed by atoms with Crippen molar-refractivity contribution < 1.29 is 23.4 Å². The number of benzene rings is 1. The predicted octanol–water partition coefficient (Wildman–Crippen LogP) is 2.36. The minimum atomic E-state index is -2.91. The van der Waals surface area contributed by atoms with Gasteiger partial charge >= 0.3 is 6.61 Å². The first kappa shape index (κ1) is 15.8. The van der Waals surface area contributed by atoms with E-state index in [2.05, 4.69) is 15.0 Å². The number of carbonyl (C=O) groups excluding carboxylic acids is 1. The van der Waals surface area contributed by atoms with Gasteiger partial charge in [-0.15, -0.1) is 0 Å². The molecule has 2 N–H and O–H groups in total. The Kier molecular flexibility index (Phi) is 5.37. The van der Waals surface area contributed by atoms with Crippen LogP contribution in [0.15, 0.2) is 42.7 Å². The number of rotatable bonds is 6. The summed E-state index contributed by atoms with van der Waals surface area (Å²) in [6, 6.07) is 7.52. The average molecular weight is 308 g/mol. The Balaban J connectivity index is 2.03. The van der Waals surface area contributed by atoms with Crippen molar-refractivity contribution in [2.45, 2.75) is 19.6 Å². The first-order chi connectivity index (χ1) is 10.6. The molecular weight excluding hydrogens is 294 g/mol. The van der Waals surface area contributed by atoms with Crippen LogP contribution in [0.25, 0.3) is 0 Å². The summed E-state index contributed by atoms with van der Waals surface area (Å²) in [5, 5.41) is 11.8. The number of aliphatic hydroxyl groups excluding tert-OH is 1. The first-order valence-corrected chi connectivity index (χ1v) is 6.46. The summed E-state index contributed by atoms with van der Waals surface area (Å²) in [7, 11) is 0. The Morgan fingerprint density at radius 1 is 1.36 bits per heavy atom. The number of carbonyl (C=O) groups is 1. The Bertz CT molecular complexity index is 650. The van der Waals surface area contributed by atoms with E-state index >= 15 is 0 Å². The van der Waals surface area contributed by atoms with Crippen LogP contribution in [0.5, 0.6) is 5.75 Å². The molecule has 0 aliphatic carbocycles. The maximum absolute atomic E-state index is 12.2. The molecule has 7 heteroatoms. The lowest BCUT2D eigenvalue weighted by atomic mass is 10.1. The Labute approximate surface area is 125 Å². The topological polar surface area (TPSA) is 71.5 Å². The summed E-state index contributed by atoms with van der Waals surface area (Å²) in [5.41, 5.74) is 1.48. The Morgan fingerprint density at radius 3 is 2.91 bits per heavy atom. The van der Waals surface area contributed by atoms with E-state index in [9.17, 15) is 18.7 Å². The fourth-order valence-corrected chi connectivity index (χ4v) is 1.89. The van der Waals surface area contributed by atoms with Crippen molar-refractivity contribution in [2.24, 2.45) is 0 Å². The lowest BCUT2D eigenvalue weighted by molar-refractivity contribution is -0.115. The molecule has 0 saturated carbocycles. The van der Waals surface area contributed by atoms with Crippen molar-refractivity contribution in [3.63, 3.8) is 0 Å². The maximum Gasteiger partial charge on any atom is 0.387 e. The molecule has 1 aromatic heterocycles. The zero-order valence-corrected chi connectivity index (χ0v) is 11.5. The number of hydrogen-bond acceptors (Lipinski definition) is 4. The van der Waals surface area contributed by atoms with E-state index in [1.807, 2.05) is 0 Å². The molecule has 0 atom stereocenters.